The number of nitrogens with zero attached hydrogens (tertiary/aromatic N) is 2. The molecule has 1 N–H and O–H groups in total. The van der Waals surface area contributed by atoms with Gasteiger partial charge in [-0.2, -0.15) is 0 Å². The van der Waals surface area contributed by atoms with Crippen molar-refractivity contribution in [3.05, 3.63) is 83.7 Å². The number of ether oxygens (including phenoxy) is 2. The molecular weight excluding hydrogens is 390 g/mol. The van der Waals surface area contributed by atoms with Gasteiger partial charge in [0, 0.05) is 37.6 Å². The second-order valence-electron chi connectivity index (χ2n) is 7.76. The molecule has 0 radical (unpaired) electrons. The molecule has 31 heavy (non-hydrogen) atoms. The zero-order valence-electron chi connectivity index (χ0n) is 18.1. The molecule has 1 amide bonds. The minimum Gasteiger partial charge on any atom is -0.497 e. The average Bonchev–Trinajstić information content (AvgIpc) is 3.19. The molecule has 0 bridgehead atoms. The van der Waals surface area contributed by atoms with E-state index in [1.54, 1.807) is 14.2 Å². The second kappa shape index (κ2) is 9.71. The van der Waals surface area contributed by atoms with Crippen LogP contribution in [-0.4, -0.2) is 42.7 Å². The van der Waals surface area contributed by atoms with Crippen LogP contribution in [0.15, 0.2) is 66.9 Å². The summed E-state index contributed by atoms with van der Waals surface area (Å²) in [6.45, 7) is 2.61. The summed E-state index contributed by atoms with van der Waals surface area (Å²) in [5.41, 5.74) is 3.31. The number of hydrogen-bond acceptors (Lipinski definition) is 4. The van der Waals surface area contributed by atoms with E-state index in [0.29, 0.717) is 13.1 Å². The Bertz CT molecular complexity index is 994. The van der Waals surface area contributed by atoms with E-state index in [1.165, 1.54) is 5.69 Å². The molecule has 1 aliphatic rings. The third-order valence-corrected chi connectivity index (χ3v) is 5.72. The van der Waals surface area contributed by atoms with Crippen LogP contribution in [0.3, 0.4) is 0 Å². The quantitative estimate of drug-likeness (QED) is 0.636. The van der Waals surface area contributed by atoms with Crippen molar-refractivity contribution in [1.82, 2.24) is 14.8 Å². The Morgan fingerprint density at radius 1 is 1.00 bits per heavy atom. The molecule has 0 fully saturated rings. The Kier molecular flexibility index (Phi) is 6.57. The maximum absolute atomic E-state index is 12.9. The van der Waals surface area contributed by atoms with Crippen molar-refractivity contribution in [2.45, 2.75) is 25.6 Å². The summed E-state index contributed by atoms with van der Waals surface area (Å²) < 4.78 is 13.3. The van der Waals surface area contributed by atoms with Crippen LogP contribution in [0.25, 0.3) is 0 Å². The molecule has 1 aliphatic heterocycles. The zero-order valence-corrected chi connectivity index (χ0v) is 18.1. The first-order chi connectivity index (χ1) is 15.2. The van der Waals surface area contributed by atoms with Crippen LogP contribution in [0.2, 0.25) is 0 Å². The molecule has 2 heterocycles. The predicted octanol–water partition coefficient (Wildman–Crippen LogP) is 3.62. The van der Waals surface area contributed by atoms with Gasteiger partial charge in [-0.1, -0.05) is 30.3 Å². The number of methoxy groups -OCH3 is 2. The molecule has 3 aromatic rings. The van der Waals surface area contributed by atoms with Crippen LogP contribution in [0.4, 0.5) is 0 Å². The van der Waals surface area contributed by atoms with Gasteiger partial charge >= 0.3 is 0 Å². The van der Waals surface area contributed by atoms with Gasteiger partial charge in [-0.25, -0.2) is 0 Å². The molecule has 0 spiro atoms. The smallest absolute Gasteiger partial charge is 0.234 e. The van der Waals surface area contributed by atoms with Gasteiger partial charge in [0.25, 0.3) is 0 Å². The topological polar surface area (TPSA) is 55.7 Å². The van der Waals surface area contributed by atoms with Crippen LogP contribution in [0.5, 0.6) is 11.5 Å². The first-order valence-corrected chi connectivity index (χ1v) is 10.6. The Morgan fingerprint density at radius 2 is 1.74 bits per heavy atom. The summed E-state index contributed by atoms with van der Waals surface area (Å²) in [5.74, 6) is 1.50. The minimum absolute atomic E-state index is 0.0173. The lowest BCUT2D eigenvalue weighted by Crippen LogP contribution is -2.39. The molecule has 4 rings (SSSR count). The molecule has 0 saturated carbocycles. The number of fused-ring (bicyclic) bond motifs is 1. The van der Waals surface area contributed by atoms with Gasteiger partial charge in [0.2, 0.25) is 5.91 Å². The molecule has 6 heteroatoms. The third kappa shape index (κ3) is 4.91. The summed E-state index contributed by atoms with van der Waals surface area (Å²) in [5, 5.41) is 3.06. The van der Waals surface area contributed by atoms with Gasteiger partial charge in [-0.15, -0.1) is 0 Å². The number of aryl methyl sites for hydroxylation is 1. The van der Waals surface area contributed by atoms with E-state index in [1.807, 2.05) is 48.5 Å². The average molecular weight is 420 g/mol. The highest BCUT2D eigenvalue weighted by molar-refractivity contribution is 5.78. The SMILES string of the molecule is COc1cc(OC)cc(C2c3cccn3CCCN2CC(=O)NCc2ccccc2)c1. The van der Waals surface area contributed by atoms with E-state index in [9.17, 15) is 4.79 Å². The standard InChI is InChI=1S/C25H29N3O3/c1-30-21-14-20(15-22(16-21)31-2)25-23-10-6-11-27(23)12-7-13-28(25)18-24(29)26-17-19-8-4-3-5-9-19/h3-6,8-11,14-16,25H,7,12-13,17-18H2,1-2H3,(H,26,29). The van der Waals surface area contributed by atoms with E-state index < -0.39 is 0 Å². The molecule has 6 nitrogen and oxygen atoms in total. The van der Waals surface area contributed by atoms with Crippen molar-refractivity contribution in [3.8, 4) is 11.5 Å². The fourth-order valence-corrected chi connectivity index (χ4v) is 4.22. The summed E-state index contributed by atoms with van der Waals surface area (Å²) >= 11 is 0. The van der Waals surface area contributed by atoms with Crippen molar-refractivity contribution < 1.29 is 14.3 Å². The molecular formula is C25H29N3O3. The van der Waals surface area contributed by atoms with Crippen LogP contribution in [0.1, 0.15) is 29.3 Å². The molecule has 1 unspecified atom stereocenters. The Morgan fingerprint density at radius 3 is 2.45 bits per heavy atom. The summed E-state index contributed by atoms with van der Waals surface area (Å²) in [6.07, 6.45) is 3.09. The summed E-state index contributed by atoms with van der Waals surface area (Å²) in [4.78, 5) is 15.1. The maximum atomic E-state index is 12.9. The van der Waals surface area contributed by atoms with Crippen LogP contribution < -0.4 is 14.8 Å². The molecule has 0 aliphatic carbocycles. The highest BCUT2D eigenvalue weighted by Gasteiger charge is 2.29. The van der Waals surface area contributed by atoms with Gasteiger partial charge in [0.05, 0.1) is 26.8 Å². The van der Waals surface area contributed by atoms with Crippen LogP contribution in [-0.2, 0) is 17.9 Å². The number of nitrogens with one attached hydrogen (secondary N) is 1. The van der Waals surface area contributed by atoms with Gasteiger partial charge in [0.1, 0.15) is 11.5 Å². The van der Waals surface area contributed by atoms with Crippen molar-refractivity contribution in [1.29, 1.82) is 0 Å². The number of rotatable bonds is 7. The van der Waals surface area contributed by atoms with E-state index in [-0.39, 0.29) is 11.9 Å². The molecule has 0 saturated heterocycles. The number of aromatic nitrogens is 1. The first-order valence-electron chi connectivity index (χ1n) is 10.6. The number of hydrogen-bond donors (Lipinski definition) is 1. The molecule has 1 atom stereocenters. The number of amides is 1. The lowest BCUT2D eigenvalue weighted by atomic mass is 10.0. The number of carbonyl (C=O) groups excluding carboxylic acids is 1. The first kappa shape index (κ1) is 21.0. The van der Waals surface area contributed by atoms with E-state index in [0.717, 1.165) is 42.1 Å². The highest BCUT2D eigenvalue weighted by atomic mass is 16.5. The fourth-order valence-electron chi connectivity index (χ4n) is 4.22. The Balaban J connectivity index is 1.60. The summed E-state index contributed by atoms with van der Waals surface area (Å²) in [7, 11) is 3.31. The van der Waals surface area contributed by atoms with Crippen molar-refractivity contribution in [2.24, 2.45) is 0 Å². The minimum atomic E-state index is -0.0658. The van der Waals surface area contributed by atoms with Gasteiger partial charge in [-0.3, -0.25) is 9.69 Å². The number of benzene rings is 2. The highest BCUT2D eigenvalue weighted by Crippen LogP contribution is 2.35. The molecule has 2 aromatic carbocycles. The van der Waals surface area contributed by atoms with Gasteiger partial charge < -0.3 is 19.4 Å². The van der Waals surface area contributed by atoms with Gasteiger partial charge in [0.15, 0.2) is 0 Å². The van der Waals surface area contributed by atoms with Gasteiger partial charge in [-0.05, 0) is 41.8 Å². The van der Waals surface area contributed by atoms with Crippen molar-refractivity contribution in [3.63, 3.8) is 0 Å². The van der Waals surface area contributed by atoms with E-state index in [4.69, 9.17) is 9.47 Å². The molecule has 1 aromatic heterocycles. The Hall–Kier alpha value is -3.25. The third-order valence-electron chi connectivity index (χ3n) is 5.72. The Labute approximate surface area is 183 Å². The lowest BCUT2D eigenvalue weighted by molar-refractivity contribution is -0.122. The largest absolute Gasteiger partial charge is 0.497 e. The lowest BCUT2D eigenvalue weighted by Gasteiger charge is -2.30. The van der Waals surface area contributed by atoms with Crippen molar-refractivity contribution in [2.75, 3.05) is 27.3 Å². The molecule has 162 valence electrons. The van der Waals surface area contributed by atoms with E-state index >= 15 is 0 Å². The van der Waals surface area contributed by atoms with E-state index in [2.05, 4.69) is 33.1 Å². The van der Waals surface area contributed by atoms with Crippen LogP contribution >= 0.6 is 0 Å². The van der Waals surface area contributed by atoms with Crippen LogP contribution in [0, 0.1) is 0 Å². The maximum Gasteiger partial charge on any atom is 0.234 e. The predicted molar refractivity (Wildman–Crippen MR) is 120 cm³/mol. The second-order valence-corrected chi connectivity index (χ2v) is 7.76. The monoisotopic (exact) mass is 419 g/mol. The number of carbonyl (C=O) groups is 1. The fraction of sp³-hybridized carbons (Fsp3) is 0.320. The normalized spacial score (nSPS) is 16.3. The summed E-state index contributed by atoms with van der Waals surface area (Å²) in [6, 6.07) is 20.1. The zero-order chi connectivity index (χ0) is 21.6. The van der Waals surface area contributed by atoms with Crippen molar-refractivity contribution >= 4 is 5.91 Å².